The van der Waals surface area contributed by atoms with Crippen LogP contribution in [-0.4, -0.2) is 43.8 Å². The number of tetrazole rings is 1. The molecule has 6 nitrogen and oxygen atoms in total. The lowest BCUT2D eigenvalue weighted by molar-refractivity contribution is 0.258. The Bertz CT molecular complexity index is 602. The Hall–Kier alpha value is -1.60. The third-order valence-electron chi connectivity index (χ3n) is 3.17. The lowest BCUT2D eigenvalue weighted by Gasteiger charge is -2.09. The summed E-state index contributed by atoms with van der Waals surface area (Å²) in [5, 5.41) is 21.1. The first-order valence-corrected chi connectivity index (χ1v) is 7.51. The second kappa shape index (κ2) is 5.80. The normalized spacial score (nSPS) is 17.0. The van der Waals surface area contributed by atoms with Crippen LogP contribution in [0.4, 0.5) is 0 Å². The molecular formula is C13H16N4O2S. The number of aliphatic hydroxyl groups excluding tert-OH is 1. The van der Waals surface area contributed by atoms with E-state index in [9.17, 15) is 0 Å². The highest BCUT2D eigenvalue weighted by Gasteiger charge is 2.23. The number of ether oxygens (including phenoxy) is 1. The van der Waals surface area contributed by atoms with Gasteiger partial charge in [0.2, 0.25) is 5.16 Å². The zero-order valence-corrected chi connectivity index (χ0v) is 12.0. The van der Waals surface area contributed by atoms with E-state index in [0.29, 0.717) is 6.54 Å². The summed E-state index contributed by atoms with van der Waals surface area (Å²) in [6.45, 7) is 2.54. The number of hydrogen-bond acceptors (Lipinski definition) is 6. The summed E-state index contributed by atoms with van der Waals surface area (Å²) >= 11 is 1.56. The van der Waals surface area contributed by atoms with Crippen molar-refractivity contribution in [1.82, 2.24) is 20.2 Å². The van der Waals surface area contributed by atoms with E-state index in [0.717, 1.165) is 23.1 Å². The molecule has 0 bridgehead atoms. The molecule has 1 aliphatic heterocycles. The van der Waals surface area contributed by atoms with Crippen molar-refractivity contribution in [3.8, 4) is 5.75 Å². The minimum atomic E-state index is 0.0310. The number of thioether (sulfide) groups is 1. The first kappa shape index (κ1) is 13.4. The van der Waals surface area contributed by atoms with Crippen LogP contribution in [-0.2, 0) is 13.0 Å². The van der Waals surface area contributed by atoms with E-state index in [-0.39, 0.29) is 12.7 Å². The molecule has 2 heterocycles. The number of aliphatic hydroxyl groups is 1. The number of rotatable bonds is 5. The average molecular weight is 292 g/mol. The largest absolute Gasteiger partial charge is 0.489 e. The topological polar surface area (TPSA) is 73.1 Å². The van der Waals surface area contributed by atoms with E-state index in [2.05, 4.69) is 34.6 Å². The van der Waals surface area contributed by atoms with Crippen molar-refractivity contribution < 1.29 is 9.84 Å². The van der Waals surface area contributed by atoms with Crippen molar-refractivity contribution in [2.75, 3.05) is 12.4 Å². The lowest BCUT2D eigenvalue weighted by Crippen LogP contribution is -2.16. The Morgan fingerprint density at radius 2 is 2.40 bits per heavy atom. The summed E-state index contributed by atoms with van der Waals surface area (Å²) in [5.74, 6) is 1.77. The smallest absolute Gasteiger partial charge is 0.209 e. The molecule has 0 radical (unpaired) electrons. The Morgan fingerprint density at radius 1 is 1.50 bits per heavy atom. The van der Waals surface area contributed by atoms with E-state index in [1.165, 1.54) is 11.1 Å². The summed E-state index contributed by atoms with van der Waals surface area (Å²) < 4.78 is 7.52. The van der Waals surface area contributed by atoms with E-state index in [1.54, 1.807) is 16.4 Å². The van der Waals surface area contributed by atoms with Gasteiger partial charge in [-0.1, -0.05) is 29.5 Å². The molecule has 0 saturated carbocycles. The maximum atomic E-state index is 8.94. The predicted octanol–water partition coefficient (Wildman–Crippen LogP) is 1.07. The monoisotopic (exact) mass is 292 g/mol. The van der Waals surface area contributed by atoms with Gasteiger partial charge in [-0.05, 0) is 29.0 Å². The van der Waals surface area contributed by atoms with Crippen molar-refractivity contribution in [3.05, 3.63) is 29.3 Å². The standard InChI is InChI=1S/C13H16N4O2S/c1-9-2-3-12-10(6-9)7-11(19-12)8-20-13-14-15-16-17(13)4-5-18/h2-3,6,11,18H,4-5,7-8H2,1H3. The summed E-state index contributed by atoms with van der Waals surface area (Å²) in [5.41, 5.74) is 2.53. The minimum Gasteiger partial charge on any atom is -0.489 e. The van der Waals surface area contributed by atoms with Gasteiger partial charge in [0.1, 0.15) is 11.9 Å². The van der Waals surface area contributed by atoms with Crippen LogP contribution in [0.1, 0.15) is 11.1 Å². The van der Waals surface area contributed by atoms with Gasteiger partial charge in [0.05, 0.1) is 13.2 Å². The molecule has 0 fully saturated rings. The molecule has 20 heavy (non-hydrogen) atoms. The summed E-state index contributed by atoms with van der Waals surface area (Å²) in [6, 6.07) is 6.27. The molecule has 1 aromatic carbocycles. The summed E-state index contributed by atoms with van der Waals surface area (Å²) in [6.07, 6.45) is 1.07. The van der Waals surface area contributed by atoms with Gasteiger partial charge in [-0.3, -0.25) is 0 Å². The maximum Gasteiger partial charge on any atom is 0.209 e. The Labute approximate surface area is 121 Å². The van der Waals surface area contributed by atoms with Gasteiger partial charge < -0.3 is 9.84 Å². The third kappa shape index (κ3) is 2.78. The van der Waals surface area contributed by atoms with Crippen molar-refractivity contribution in [2.24, 2.45) is 0 Å². The molecule has 1 unspecified atom stereocenters. The Balaban J connectivity index is 1.59. The predicted molar refractivity (Wildman–Crippen MR) is 74.9 cm³/mol. The molecule has 0 amide bonds. The highest BCUT2D eigenvalue weighted by molar-refractivity contribution is 7.99. The first-order valence-electron chi connectivity index (χ1n) is 6.52. The second-order valence-corrected chi connectivity index (χ2v) is 5.76. The van der Waals surface area contributed by atoms with Crippen LogP contribution in [0.5, 0.6) is 5.75 Å². The van der Waals surface area contributed by atoms with Gasteiger partial charge in [-0.25, -0.2) is 4.68 Å². The van der Waals surface area contributed by atoms with Crippen LogP contribution in [0.15, 0.2) is 23.4 Å². The molecule has 0 spiro atoms. The molecule has 1 aromatic heterocycles. The number of nitrogens with zero attached hydrogens (tertiary/aromatic N) is 4. The number of aromatic nitrogens is 4. The Kier molecular flexibility index (Phi) is 3.88. The quantitative estimate of drug-likeness (QED) is 0.831. The van der Waals surface area contributed by atoms with Gasteiger partial charge in [-0.2, -0.15) is 0 Å². The van der Waals surface area contributed by atoms with E-state index < -0.39 is 0 Å². The average Bonchev–Trinajstić information content (AvgIpc) is 3.02. The molecular weight excluding hydrogens is 276 g/mol. The summed E-state index contributed by atoms with van der Waals surface area (Å²) in [4.78, 5) is 0. The van der Waals surface area contributed by atoms with Crippen LogP contribution in [0, 0.1) is 6.92 Å². The molecule has 7 heteroatoms. The second-order valence-electron chi connectivity index (χ2n) is 4.77. The fourth-order valence-corrected chi connectivity index (χ4v) is 3.14. The SMILES string of the molecule is Cc1ccc2c(c1)CC(CSc1nnnn1CCO)O2. The maximum absolute atomic E-state index is 8.94. The van der Waals surface area contributed by atoms with Crippen LogP contribution in [0.3, 0.4) is 0 Å². The van der Waals surface area contributed by atoms with Crippen LogP contribution in [0.2, 0.25) is 0 Å². The molecule has 0 aliphatic carbocycles. The zero-order valence-electron chi connectivity index (χ0n) is 11.2. The van der Waals surface area contributed by atoms with Crippen molar-refractivity contribution in [1.29, 1.82) is 0 Å². The summed E-state index contributed by atoms with van der Waals surface area (Å²) in [7, 11) is 0. The molecule has 106 valence electrons. The van der Waals surface area contributed by atoms with Crippen molar-refractivity contribution >= 4 is 11.8 Å². The van der Waals surface area contributed by atoms with Crippen molar-refractivity contribution in [2.45, 2.75) is 31.1 Å². The number of hydrogen-bond donors (Lipinski definition) is 1. The fourth-order valence-electron chi connectivity index (χ4n) is 2.24. The highest BCUT2D eigenvalue weighted by Crippen LogP contribution is 2.31. The van der Waals surface area contributed by atoms with Gasteiger partial charge in [0.25, 0.3) is 0 Å². The molecule has 2 aromatic rings. The number of benzene rings is 1. The van der Waals surface area contributed by atoms with Gasteiger partial charge in [0, 0.05) is 12.2 Å². The number of aryl methyl sites for hydroxylation is 1. The van der Waals surface area contributed by atoms with E-state index in [1.807, 2.05) is 6.07 Å². The van der Waals surface area contributed by atoms with Gasteiger partial charge in [0.15, 0.2) is 0 Å². The molecule has 3 rings (SSSR count). The van der Waals surface area contributed by atoms with Crippen LogP contribution in [0.25, 0.3) is 0 Å². The van der Waals surface area contributed by atoms with Crippen LogP contribution >= 0.6 is 11.8 Å². The zero-order chi connectivity index (χ0) is 13.9. The molecule has 1 atom stereocenters. The van der Waals surface area contributed by atoms with Gasteiger partial charge >= 0.3 is 0 Å². The lowest BCUT2D eigenvalue weighted by atomic mass is 10.1. The van der Waals surface area contributed by atoms with Crippen LogP contribution < -0.4 is 4.74 Å². The van der Waals surface area contributed by atoms with E-state index >= 15 is 0 Å². The first-order chi connectivity index (χ1) is 9.76. The highest BCUT2D eigenvalue weighted by atomic mass is 32.2. The molecule has 1 aliphatic rings. The van der Waals surface area contributed by atoms with Crippen molar-refractivity contribution in [3.63, 3.8) is 0 Å². The van der Waals surface area contributed by atoms with Gasteiger partial charge in [-0.15, -0.1) is 5.10 Å². The van der Waals surface area contributed by atoms with E-state index in [4.69, 9.17) is 9.84 Å². The number of fused-ring (bicyclic) bond motifs is 1. The Morgan fingerprint density at radius 3 is 3.25 bits per heavy atom. The minimum absolute atomic E-state index is 0.0310. The molecule has 1 N–H and O–H groups in total. The fraction of sp³-hybridized carbons (Fsp3) is 0.462. The molecule has 0 saturated heterocycles. The third-order valence-corrected chi connectivity index (χ3v) is 4.26.